The molecule has 0 amide bonds. The molecule has 1 aromatic carbocycles. The lowest BCUT2D eigenvalue weighted by atomic mass is 9.97. The number of benzene rings is 1. The molecule has 1 atom stereocenters. The van der Waals surface area contributed by atoms with Crippen LogP contribution in [0.4, 0.5) is 0 Å². The van der Waals surface area contributed by atoms with Gasteiger partial charge in [-0.05, 0) is 62.2 Å². The SMILES string of the molecule is CCCNCCC(C)CCc1ccc(CC)cc1. The maximum Gasteiger partial charge on any atom is -0.00464 e. The fourth-order valence-electron chi connectivity index (χ4n) is 2.15. The van der Waals surface area contributed by atoms with E-state index in [4.69, 9.17) is 0 Å². The summed E-state index contributed by atoms with van der Waals surface area (Å²) in [4.78, 5) is 0. The molecule has 0 saturated carbocycles. The quantitative estimate of drug-likeness (QED) is 0.645. The summed E-state index contributed by atoms with van der Waals surface area (Å²) in [5.41, 5.74) is 2.93. The highest BCUT2D eigenvalue weighted by Gasteiger charge is 2.02. The number of hydrogen-bond acceptors (Lipinski definition) is 1. The Hall–Kier alpha value is -0.820. The molecule has 0 saturated heterocycles. The maximum atomic E-state index is 3.48. The topological polar surface area (TPSA) is 12.0 Å². The van der Waals surface area contributed by atoms with Crippen molar-refractivity contribution in [3.8, 4) is 0 Å². The molecule has 1 nitrogen and oxygen atoms in total. The van der Waals surface area contributed by atoms with Crippen molar-refractivity contribution in [2.45, 2.75) is 52.9 Å². The van der Waals surface area contributed by atoms with Gasteiger partial charge in [0.2, 0.25) is 0 Å². The lowest BCUT2D eigenvalue weighted by Gasteiger charge is -2.12. The van der Waals surface area contributed by atoms with E-state index in [1.807, 2.05) is 0 Å². The van der Waals surface area contributed by atoms with E-state index in [0.717, 1.165) is 18.9 Å². The molecule has 0 aliphatic rings. The van der Waals surface area contributed by atoms with Crippen molar-refractivity contribution in [2.24, 2.45) is 5.92 Å². The van der Waals surface area contributed by atoms with E-state index in [-0.39, 0.29) is 0 Å². The van der Waals surface area contributed by atoms with Crippen LogP contribution in [0.1, 0.15) is 51.2 Å². The lowest BCUT2D eigenvalue weighted by molar-refractivity contribution is 0.470. The molecule has 0 spiro atoms. The second kappa shape index (κ2) is 9.16. The molecule has 1 aromatic rings. The smallest absolute Gasteiger partial charge is 0.00464 e. The average molecular weight is 247 g/mol. The summed E-state index contributed by atoms with van der Waals surface area (Å²) in [6, 6.07) is 9.12. The Morgan fingerprint density at radius 2 is 1.61 bits per heavy atom. The minimum atomic E-state index is 0.820. The minimum absolute atomic E-state index is 0.820. The van der Waals surface area contributed by atoms with Crippen LogP contribution in [0.5, 0.6) is 0 Å². The van der Waals surface area contributed by atoms with Gasteiger partial charge in [0, 0.05) is 0 Å². The molecule has 1 N–H and O–H groups in total. The van der Waals surface area contributed by atoms with Gasteiger partial charge in [-0.15, -0.1) is 0 Å². The van der Waals surface area contributed by atoms with Gasteiger partial charge in [0.1, 0.15) is 0 Å². The zero-order valence-corrected chi connectivity index (χ0v) is 12.3. The fourth-order valence-corrected chi connectivity index (χ4v) is 2.15. The first-order chi connectivity index (χ1) is 8.76. The van der Waals surface area contributed by atoms with Crippen molar-refractivity contribution < 1.29 is 0 Å². The van der Waals surface area contributed by atoms with Crippen LogP contribution in [0.2, 0.25) is 0 Å². The molecular weight excluding hydrogens is 218 g/mol. The third kappa shape index (κ3) is 6.20. The molecule has 0 bridgehead atoms. The van der Waals surface area contributed by atoms with Crippen LogP contribution < -0.4 is 5.32 Å². The Balaban J connectivity index is 2.18. The summed E-state index contributed by atoms with van der Waals surface area (Å²) in [6.07, 6.45) is 6.20. The maximum absolute atomic E-state index is 3.48. The molecule has 102 valence electrons. The number of nitrogens with one attached hydrogen (secondary N) is 1. The van der Waals surface area contributed by atoms with Crippen molar-refractivity contribution in [1.29, 1.82) is 0 Å². The summed E-state index contributed by atoms with van der Waals surface area (Å²) in [5, 5.41) is 3.48. The molecule has 0 radical (unpaired) electrons. The van der Waals surface area contributed by atoms with E-state index in [2.05, 4.69) is 50.4 Å². The van der Waals surface area contributed by atoms with Crippen molar-refractivity contribution in [3.63, 3.8) is 0 Å². The van der Waals surface area contributed by atoms with Gasteiger partial charge in [0.25, 0.3) is 0 Å². The molecule has 1 heteroatoms. The summed E-state index contributed by atoms with van der Waals surface area (Å²) in [5.74, 6) is 0.820. The number of rotatable bonds is 9. The van der Waals surface area contributed by atoms with Crippen molar-refractivity contribution >= 4 is 0 Å². The molecular formula is C17H29N. The predicted molar refractivity (Wildman–Crippen MR) is 81.1 cm³/mol. The second-order valence-corrected chi connectivity index (χ2v) is 5.35. The van der Waals surface area contributed by atoms with Gasteiger partial charge in [0.05, 0.1) is 0 Å². The summed E-state index contributed by atoms with van der Waals surface area (Å²) >= 11 is 0. The van der Waals surface area contributed by atoms with E-state index in [0.29, 0.717) is 0 Å². The largest absolute Gasteiger partial charge is 0.317 e. The molecule has 0 aromatic heterocycles. The van der Waals surface area contributed by atoms with E-state index in [1.165, 1.54) is 43.4 Å². The summed E-state index contributed by atoms with van der Waals surface area (Å²) in [6.45, 7) is 9.12. The van der Waals surface area contributed by atoms with E-state index in [9.17, 15) is 0 Å². The highest BCUT2D eigenvalue weighted by atomic mass is 14.8. The fraction of sp³-hybridized carbons (Fsp3) is 0.647. The van der Waals surface area contributed by atoms with Gasteiger partial charge in [-0.25, -0.2) is 0 Å². The summed E-state index contributed by atoms with van der Waals surface area (Å²) in [7, 11) is 0. The third-order valence-corrected chi connectivity index (χ3v) is 3.60. The van der Waals surface area contributed by atoms with Gasteiger partial charge < -0.3 is 5.32 Å². The molecule has 0 fully saturated rings. The third-order valence-electron chi connectivity index (χ3n) is 3.60. The normalized spacial score (nSPS) is 12.6. The highest BCUT2D eigenvalue weighted by Crippen LogP contribution is 2.13. The standard InChI is InChI=1S/C17H29N/c1-4-13-18-14-12-15(3)6-7-17-10-8-16(5-2)9-11-17/h8-11,15,18H,4-7,12-14H2,1-3H3. The van der Waals surface area contributed by atoms with Crippen LogP contribution in [-0.2, 0) is 12.8 Å². The van der Waals surface area contributed by atoms with Crippen molar-refractivity contribution in [3.05, 3.63) is 35.4 Å². The van der Waals surface area contributed by atoms with E-state index in [1.54, 1.807) is 0 Å². The predicted octanol–water partition coefficient (Wildman–Crippen LogP) is 4.21. The van der Waals surface area contributed by atoms with Gasteiger partial charge in [-0.3, -0.25) is 0 Å². The highest BCUT2D eigenvalue weighted by molar-refractivity contribution is 5.22. The van der Waals surface area contributed by atoms with E-state index >= 15 is 0 Å². The molecule has 0 aliphatic carbocycles. The van der Waals surface area contributed by atoms with Crippen LogP contribution in [0.3, 0.4) is 0 Å². The van der Waals surface area contributed by atoms with Gasteiger partial charge in [-0.2, -0.15) is 0 Å². The Morgan fingerprint density at radius 3 is 2.22 bits per heavy atom. The first-order valence-corrected chi connectivity index (χ1v) is 7.54. The molecule has 1 rings (SSSR count). The first kappa shape index (κ1) is 15.2. The molecule has 0 aliphatic heterocycles. The zero-order valence-electron chi connectivity index (χ0n) is 12.3. The Bertz CT molecular complexity index is 302. The van der Waals surface area contributed by atoms with Crippen LogP contribution in [0.15, 0.2) is 24.3 Å². The Labute approximate surface area is 113 Å². The summed E-state index contributed by atoms with van der Waals surface area (Å²) < 4.78 is 0. The molecule has 18 heavy (non-hydrogen) atoms. The molecule has 0 heterocycles. The van der Waals surface area contributed by atoms with Crippen LogP contribution in [-0.4, -0.2) is 13.1 Å². The van der Waals surface area contributed by atoms with Gasteiger partial charge >= 0.3 is 0 Å². The van der Waals surface area contributed by atoms with Crippen molar-refractivity contribution in [2.75, 3.05) is 13.1 Å². The zero-order chi connectivity index (χ0) is 13.2. The molecule has 1 unspecified atom stereocenters. The van der Waals surface area contributed by atoms with Crippen LogP contribution in [0, 0.1) is 5.92 Å². The first-order valence-electron chi connectivity index (χ1n) is 7.54. The lowest BCUT2D eigenvalue weighted by Crippen LogP contribution is -2.18. The second-order valence-electron chi connectivity index (χ2n) is 5.35. The Kier molecular flexibility index (Phi) is 7.75. The Morgan fingerprint density at radius 1 is 0.944 bits per heavy atom. The van der Waals surface area contributed by atoms with Crippen LogP contribution in [0.25, 0.3) is 0 Å². The number of hydrogen-bond donors (Lipinski definition) is 1. The minimum Gasteiger partial charge on any atom is -0.317 e. The van der Waals surface area contributed by atoms with Gasteiger partial charge in [-0.1, -0.05) is 45.0 Å². The van der Waals surface area contributed by atoms with Gasteiger partial charge in [0.15, 0.2) is 0 Å². The van der Waals surface area contributed by atoms with Crippen LogP contribution >= 0.6 is 0 Å². The monoisotopic (exact) mass is 247 g/mol. The van der Waals surface area contributed by atoms with Crippen molar-refractivity contribution in [1.82, 2.24) is 5.32 Å². The van der Waals surface area contributed by atoms with E-state index < -0.39 is 0 Å². The number of aryl methyl sites for hydroxylation is 2. The average Bonchev–Trinajstić information content (AvgIpc) is 2.42.